The summed E-state index contributed by atoms with van der Waals surface area (Å²) in [4.78, 5) is 27.9. The van der Waals surface area contributed by atoms with Gasteiger partial charge in [-0.25, -0.2) is 0 Å². The summed E-state index contributed by atoms with van der Waals surface area (Å²) in [7, 11) is 6.15. The number of ketones is 1. The number of ether oxygens (including phenoxy) is 4. The standard InChI is InChI=1S/C30H30N6O6S2/c1-39-17-8-9-24(42-4)20(13-17)26-21(14-31)28(32)36(22-6-5-7-23(37)27(22)26)29-34-35-30(44-29)43-15-25(38)33-16-10-18(40-2)12-19(11-16)41-3/h8-13,26H,5-7,15,32H2,1-4H3,(H,33,38). The number of hydrogen-bond donors (Lipinski definition) is 2. The number of benzene rings is 2. The van der Waals surface area contributed by atoms with Gasteiger partial charge in [0.05, 0.1) is 51.8 Å². The van der Waals surface area contributed by atoms with E-state index < -0.39 is 5.92 Å². The third-order valence-corrected chi connectivity index (χ3v) is 9.25. The van der Waals surface area contributed by atoms with Gasteiger partial charge >= 0.3 is 0 Å². The van der Waals surface area contributed by atoms with Gasteiger partial charge in [0, 0.05) is 47.1 Å². The maximum absolute atomic E-state index is 13.5. The molecule has 5 rings (SSSR count). The fraction of sp³-hybridized carbons (Fsp3) is 0.300. The Labute approximate surface area is 262 Å². The zero-order valence-corrected chi connectivity index (χ0v) is 26.1. The Hall–Kier alpha value is -4.74. The molecule has 1 unspecified atom stereocenters. The van der Waals surface area contributed by atoms with Gasteiger partial charge in [-0.1, -0.05) is 23.1 Å². The molecule has 0 saturated heterocycles. The number of methoxy groups -OCH3 is 4. The molecule has 0 fully saturated rings. The van der Waals surface area contributed by atoms with E-state index in [1.807, 2.05) is 0 Å². The zero-order valence-electron chi connectivity index (χ0n) is 24.5. The minimum Gasteiger partial charge on any atom is -0.497 e. The van der Waals surface area contributed by atoms with Gasteiger partial charge in [0.25, 0.3) is 0 Å². The molecule has 14 heteroatoms. The molecular formula is C30H30N6O6S2. The Morgan fingerprint density at radius 1 is 1.07 bits per heavy atom. The maximum atomic E-state index is 13.5. The quantitative estimate of drug-likeness (QED) is 0.298. The molecule has 0 radical (unpaired) electrons. The number of nitrogens with zero attached hydrogens (tertiary/aromatic N) is 4. The average molecular weight is 635 g/mol. The van der Waals surface area contributed by atoms with Crippen molar-refractivity contribution in [2.75, 3.05) is 44.4 Å². The first-order valence-corrected chi connectivity index (χ1v) is 15.3. The molecule has 12 nitrogen and oxygen atoms in total. The van der Waals surface area contributed by atoms with Crippen molar-refractivity contribution in [3.8, 4) is 29.1 Å². The van der Waals surface area contributed by atoms with E-state index >= 15 is 0 Å². The van der Waals surface area contributed by atoms with E-state index in [0.717, 1.165) is 0 Å². The zero-order chi connectivity index (χ0) is 31.4. The number of hydrogen-bond acceptors (Lipinski definition) is 13. The monoisotopic (exact) mass is 634 g/mol. The van der Waals surface area contributed by atoms with Crippen molar-refractivity contribution in [2.45, 2.75) is 29.5 Å². The van der Waals surface area contributed by atoms with Crippen LogP contribution in [0, 0.1) is 11.3 Å². The molecule has 0 saturated carbocycles. The van der Waals surface area contributed by atoms with Crippen LogP contribution in [0.5, 0.6) is 23.0 Å². The second-order valence-corrected chi connectivity index (χ2v) is 11.9. The number of carbonyl (C=O) groups is 2. The summed E-state index contributed by atoms with van der Waals surface area (Å²) in [6.45, 7) is 0. The summed E-state index contributed by atoms with van der Waals surface area (Å²) in [6, 6.07) is 12.6. The lowest BCUT2D eigenvalue weighted by Crippen LogP contribution is -2.38. The summed E-state index contributed by atoms with van der Waals surface area (Å²) in [5.74, 6) is 1.32. The molecule has 1 aromatic heterocycles. The lowest BCUT2D eigenvalue weighted by molar-refractivity contribution is -0.116. The van der Waals surface area contributed by atoms with E-state index in [0.29, 0.717) is 74.3 Å². The molecule has 2 aliphatic rings. The topological polar surface area (TPSA) is 162 Å². The maximum Gasteiger partial charge on any atom is 0.234 e. The Morgan fingerprint density at radius 3 is 2.45 bits per heavy atom. The number of nitrogens with one attached hydrogen (secondary N) is 1. The van der Waals surface area contributed by atoms with E-state index in [9.17, 15) is 14.9 Å². The van der Waals surface area contributed by atoms with E-state index in [4.69, 9.17) is 24.7 Å². The predicted octanol–water partition coefficient (Wildman–Crippen LogP) is 4.61. The van der Waals surface area contributed by atoms with Crippen LogP contribution in [0.4, 0.5) is 10.8 Å². The fourth-order valence-electron chi connectivity index (χ4n) is 5.24. The summed E-state index contributed by atoms with van der Waals surface area (Å²) in [6.07, 6.45) is 1.53. The number of nitrogens with two attached hydrogens (primary N) is 1. The van der Waals surface area contributed by atoms with Crippen molar-refractivity contribution in [2.24, 2.45) is 5.73 Å². The molecule has 1 aliphatic heterocycles. The van der Waals surface area contributed by atoms with Crippen molar-refractivity contribution in [3.05, 3.63) is 64.6 Å². The van der Waals surface area contributed by atoms with Crippen LogP contribution in [0.25, 0.3) is 0 Å². The van der Waals surface area contributed by atoms with Crippen molar-refractivity contribution >= 4 is 45.6 Å². The molecule has 1 aliphatic carbocycles. The smallest absolute Gasteiger partial charge is 0.234 e. The largest absolute Gasteiger partial charge is 0.497 e. The molecule has 3 N–H and O–H groups in total. The van der Waals surface area contributed by atoms with Gasteiger partial charge in [-0.3, -0.25) is 14.5 Å². The highest BCUT2D eigenvalue weighted by molar-refractivity contribution is 8.01. The van der Waals surface area contributed by atoms with Crippen LogP contribution in [-0.2, 0) is 9.59 Å². The van der Waals surface area contributed by atoms with Crippen molar-refractivity contribution in [1.29, 1.82) is 5.26 Å². The number of amides is 1. The van der Waals surface area contributed by atoms with Crippen LogP contribution in [0.3, 0.4) is 0 Å². The Balaban J connectivity index is 1.43. The molecule has 0 bridgehead atoms. The van der Waals surface area contributed by atoms with Gasteiger partial charge in [0.15, 0.2) is 10.1 Å². The Bertz CT molecular complexity index is 1690. The first-order valence-electron chi connectivity index (χ1n) is 13.5. The summed E-state index contributed by atoms with van der Waals surface area (Å²) in [5.41, 5.74) is 9.18. The second-order valence-electron chi connectivity index (χ2n) is 9.71. The molecule has 2 aromatic carbocycles. The van der Waals surface area contributed by atoms with Crippen LogP contribution in [0.2, 0.25) is 0 Å². The molecule has 228 valence electrons. The van der Waals surface area contributed by atoms with E-state index in [1.165, 1.54) is 44.4 Å². The molecule has 1 amide bonds. The fourth-order valence-corrected chi connectivity index (χ4v) is 6.92. The normalized spacial score (nSPS) is 16.3. The van der Waals surface area contributed by atoms with Crippen LogP contribution in [0.1, 0.15) is 30.7 Å². The molecular weight excluding hydrogens is 605 g/mol. The number of carbonyl (C=O) groups excluding carboxylic acids is 2. The minimum atomic E-state index is -0.732. The second kappa shape index (κ2) is 13.3. The van der Waals surface area contributed by atoms with Gasteiger partial charge < -0.3 is 30.0 Å². The lowest BCUT2D eigenvalue weighted by atomic mass is 9.75. The Kier molecular flexibility index (Phi) is 9.26. The van der Waals surface area contributed by atoms with Crippen LogP contribution in [0.15, 0.2) is 63.4 Å². The van der Waals surface area contributed by atoms with Gasteiger partial charge in [-0.2, -0.15) is 5.26 Å². The highest BCUT2D eigenvalue weighted by atomic mass is 32.2. The predicted molar refractivity (Wildman–Crippen MR) is 166 cm³/mol. The third-order valence-electron chi connectivity index (χ3n) is 7.21. The third kappa shape index (κ3) is 6.01. The van der Waals surface area contributed by atoms with E-state index in [2.05, 4.69) is 21.6 Å². The highest BCUT2D eigenvalue weighted by Crippen LogP contribution is 2.49. The summed E-state index contributed by atoms with van der Waals surface area (Å²) < 4.78 is 22.1. The van der Waals surface area contributed by atoms with Crippen molar-refractivity contribution < 1.29 is 28.5 Å². The van der Waals surface area contributed by atoms with Gasteiger partial charge in [-0.05, 0) is 31.0 Å². The number of Topliss-reactive ketones (excluding diaryl/α,β-unsaturated/α-hetero) is 1. The van der Waals surface area contributed by atoms with Gasteiger partial charge in [0.1, 0.15) is 28.8 Å². The van der Waals surface area contributed by atoms with Crippen LogP contribution in [-0.4, -0.2) is 56.1 Å². The van der Waals surface area contributed by atoms with Crippen molar-refractivity contribution in [1.82, 2.24) is 10.2 Å². The SMILES string of the molecule is COc1cc(NC(=O)CSc2nnc(N3C(N)=C(C#N)C(c4cc(OC)ccc4OC)C4=C3CCCC4=O)s2)cc(OC)c1. The van der Waals surface area contributed by atoms with Crippen LogP contribution >= 0.6 is 23.1 Å². The van der Waals surface area contributed by atoms with E-state index in [1.54, 1.807) is 48.4 Å². The summed E-state index contributed by atoms with van der Waals surface area (Å²) >= 11 is 2.42. The number of anilines is 2. The number of nitriles is 1. The number of allylic oxidation sites excluding steroid dienone is 3. The summed E-state index contributed by atoms with van der Waals surface area (Å²) in [5, 5.41) is 22.2. The first-order chi connectivity index (χ1) is 21.3. The van der Waals surface area contributed by atoms with E-state index in [-0.39, 0.29) is 28.8 Å². The molecule has 2 heterocycles. The average Bonchev–Trinajstić information content (AvgIpc) is 3.51. The number of thioether (sulfide) groups is 1. The van der Waals surface area contributed by atoms with Crippen molar-refractivity contribution in [3.63, 3.8) is 0 Å². The minimum absolute atomic E-state index is 0.0626. The number of aromatic nitrogens is 2. The van der Waals surface area contributed by atoms with Gasteiger partial charge in [-0.15, -0.1) is 10.2 Å². The first kappa shape index (κ1) is 30.7. The molecule has 3 aromatic rings. The molecule has 0 spiro atoms. The van der Waals surface area contributed by atoms with Crippen LogP contribution < -0.4 is 34.9 Å². The number of rotatable bonds is 10. The molecule has 1 atom stereocenters. The van der Waals surface area contributed by atoms with Gasteiger partial charge in [0.2, 0.25) is 11.0 Å². The lowest BCUT2D eigenvalue weighted by Gasteiger charge is -2.38. The Morgan fingerprint density at radius 2 is 1.80 bits per heavy atom. The molecule has 44 heavy (non-hydrogen) atoms. The highest BCUT2D eigenvalue weighted by Gasteiger charge is 2.42.